The van der Waals surface area contributed by atoms with Crippen LogP contribution in [-0.2, 0) is 15.0 Å². The van der Waals surface area contributed by atoms with E-state index in [1.165, 1.54) is 16.7 Å². The Morgan fingerprint density at radius 1 is 1.04 bits per heavy atom. The molecule has 1 saturated heterocycles. The number of thiocarbonyl (C=S) groups is 1. The molecular weight excluding hydrogens is 370 g/mol. The number of carbonyl (C=O) groups excluding carboxylic acids is 2. The fourth-order valence-electron chi connectivity index (χ4n) is 2.87. The lowest BCUT2D eigenvalue weighted by Gasteiger charge is -2.30. The monoisotopic (exact) mass is 393 g/mol. The number of hydrogen-bond donors (Lipinski definition) is 1. The highest BCUT2D eigenvalue weighted by Gasteiger charge is 2.38. The highest BCUT2D eigenvalue weighted by Crippen LogP contribution is 2.25. The molecular formula is C22H23N3O2S. The lowest BCUT2D eigenvalue weighted by molar-refractivity contribution is -0.130. The second-order valence-corrected chi connectivity index (χ2v) is 8.24. The summed E-state index contributed by atoms with van der Waals surface area (Å²) >= 11 is 5.20. The predicted octanol–water partition coefficient (Wildman–Crippen LogP) is 4.06. The van der Waals surface area contributed by atoms with Crippen LogP contribution in [0.15, 0.2) is 53.5 Å². The van der Waals surface area contributed by atoms with Gasteiger partial charge in [0.05, 0.1) is 11.4 Å². The van der Waals surface area contributed by atoms with E-state index in [1.54, 1.807) is 12.1 Å². The van der Waals surface area contributed by atoms with Crippen molar-refractivity contribution in [1.82, 2.24) is 5.32 Å². The third-order valence-electron chi connectivity index (χ3n) is 4.60. The molecule has 1 N–H and O–H groups in total. The van der Waals surface area contributed by atoms with Gasteiger partial charge in [-0.1, -0.05) is 50.6 Å². The number of hydrogen-bond acceptors (Lipinski definition) is 4. The zero-order valence-corrected chi connectivity index (χ0v) is 17.2. The number of aliphatic imine (C=N–C) groups is 1. The number of amides is 2. The summed E-state index contributed by atoms with van der Waals surface area (Å²) in [5.41, 5.74) is 3.61. The molecule has 1 atom stereocenters. The van der Waals surface area contributed by atoms with E-state index in [9.17, 15) is 9.59 Å². The lowest BCUT2D eigenvalue weighted by Crippen LogP contribution is -2.58. The molecule has 3 rings (SSSR count). The van der Waals surface area contributed by atoms with E-state index < -0.39 is 17.7 Å². The Labute approximate surface area is 170 Å². The summed E-state index contributed by atoms with van der Waals surface area (Å²) in [5, 5.41) is 2.68. The molecule has 1 heterocycles. The molecule has 5 nitrogen and oxygen atoms in total. The molecule has 144 valence electrons. The van der Waals surface area contributed by atoms with Crippen LogP contribution in [0, 0.1) is 12.8 Å². The molecule has 1 aliphatic heterocycles. The average molecular weight is 394 g/mol. The van der Waals surface area contributed by atoms with Gasteiger partial charge in [-0.25, -0.2) is 0 Å². The molecule has 0 radical (unpaired) electrons. The minimum absolute atomic E-state index is 0.0473. The lowest BCUT2D eigenvalue weighted by atomic mass is 9.87. The maximum absolute atomic E-state index is 12.9. The fraction of sp³-hybridized carbons (Fsp3) is 0.273. The van der Waals surface area contributed by atoms with Crippen LogP contribution in [0.5, 0.6) is 0 Å². The van der Waals surface area contributed by atoms with Gasteiger partial charge in [-0.05, 0) is 54.4 Å². The van der Waals surface area contributed by atoms with Gasteiger partial charge in [0.15, 0.2) is 11.0 Å². The SMILES string of the molecule is Cc1ccc(N2C(=O)[C@H](C=Nc3ccc(C(C)(C)C)cc3)C(=O)NC2=S)cc1. The topological polar surface area (TPSA) is 61.8 Å². The van der Waals surface area contributed by atoms with Gasteiger partial charge in [0.2, 0.25) is 5.91 Å². The van der Waals surface area contributed by atoms with Crippen molar-refractivity contribution in [2.24, 2.45) is 10.9 Å². The van der Waals surface area contributed by atoms with Gasteiger partial charge in [0.25, 0.3) is 5.91 Å². The fourth-order valence-corrected chi connectivity index (χ4v) is 3.16. The van der Waals surface area contributed by atoms with Gasteiger partial charge in [-0.15, -0.1) is 0 Å². The van der Waals surface area contributed by atoms with Gasteiger partial charge < -0.3 is 5.32 Å². The minimum atomic E-state index is -1.03. The van der Waals surface area contributed by atoms with Gasteiger partial charge in [-0.2, -0.15) is 0 Å². The first kappa shape index (κ1) is 19.9. The Bertz CT molecular complexity index is 941. The third kappa shape index (κ3) is 4.17. The highest BCUT2D eigenvalue weighted by molar-refractivity contribution is 7.80. The maximum atomic E-state index is 12.9. The summed E-state index contributed by atoms with van der Waals surface area (Å²) in [4.78, 5) is 30.9. The zero-order valence-electron chi connectivity index (χ0n) is 16.4. The van der Waals surface area contributed by atoms with E-state index in [0.717, 1.165) is 5.56 Å². The number of carbonyl (C=O) groups is 2. The molecule has 6 heteroatoms. The van der Waals surface area contributed by atoms with Crippen molar-refractivity contribution in [2.45, 2.75) is 33.1 Å². The normalized spacial score (nSPS) is 17.9. The van der Waals surface area contributed by atoms with Crippen LogP contribution < -0.4 is 10.2 Å². The molecule has 1 aliphatic rings. The van der Waals surface area contributed by atoms with Gasteiger partial charge in [0, 0.05) is 6.21 Å². The molecule has 0 aromatic heterocycles. The number of nitrogens with one attached hydrogen (secondary N) is 1. The molecule has 0 saturated carbocycles. The van der Waals surface area contributed by atoms with E-state index in [1.807, 2.05) is 43.3 Å². The molecule has 0 aliphatic carbocycles. The van der Waals surface area contributed by atoms with Crippen molar-refractivity contribution < 1.29 is 9.59 Å². The molecule has 2 aromatic carbocycles. The number of nitrogens with zero attached hydrogens (tertiary/aromatic N) is 2. The largest absolute Gasteiger partial charge is 0.301 e. The summed E-state index contributed by atoms with van der Waals surface area (Å²) < 4.78 is 0. The molecule has 2 amide bonds. The molecule has 0 bridgehead atoms. The highest BCUT2D eigenvalue weighted by atomic mass is 32.1. The smallest absolute Gasteiger partial charge is 0.251 e. The standard InChI is InChI=1S/C22H23N3O2S/c1-14-5-11-17(12-6-14)25-20(27)18(19(26)24-21(25)28)13-23-16-9-7-15(8-10-16)22(2,3)4/h5-13,18H,1-4H3,(H,24,26,28)/t18-/m1/s1. The second kappa shape index (κ2) is 7.64. The van der Waals surface area contributed by atoms with Crippen molar-refractivity contribution in [3.63, 3.8) is 0 Å². The maximum Gasteiger partial charge on any atom is 0.251 e. The Balaban J connectivity index is 1.83. The van der Waals surface area contributed by atoms with E-state index in [0.29, 0.717) is 11.4 Å². The van der Waals surface area contributed by atoms with E-state index in [-0.39, 0.29) is 10.5 Å². The first-order chi connectivity index (χ1) is 13.2. The Hall–Kier alpha value is -2.86. The first-order valence-corrected chi connectivity index (χ1v) is 9.48. The third-order valence-corrected chi connectivity index (χ3v) is 4.88. The summed E-state index contributed by atoms with van der Waals surface area (Å²) in [6, 6.07) is 15.2. The van der Waals surface area contributed by atoms with Crippen molar-refractivity contribution in [3.8, 4) is 0 Å². The van der Waals surface area contributed by atoms with Crippen LogP contribution in [0.2, 0.25) is 0 Å². The van der Waals surface area contributed by atoms with Crippen molar-refractivity contribution in [2.75, 3.05) is 4.90 Å². The van der Waals surface area contributed by atoms with Gasteiger partial charge >= 0.3 is 0 Å². The summed E-state index contributed by atoms with van der Waals surface area (Å²) in [6.45, 7) is 8.37. The average Bonchev–Trinajstić information content (AvgIpc) is 2.62. The van der Waals surface area contributed by atoms with E-state index in [4.69, 9.17) is 12.2 Å². The Morgan fingerprint density at radius 2 is 1.64 bits per heavy atom. The van der Waals surface area contributed by atoms with E-state index >= 15 is 0 Å². The Kier molecular flexibility index (Phi) is 5.42. The number of anilines is 1. The van der Waals surface area contributed by atoms with Crippen molar-refractivity contribution in [3.05, 3.63) is 59.7 Å². The Morgan fingerprint density at radius 3 is 2.21 bits per heavy atom. The molecule has 0 spiro atoms. The molecule has 0 unspecified atom stereocenters. The quantitative estimate of drug-likeness (QED) is 0.486. The van der Waals surface area contributed by atoms with Crippen molar-refractivity contribution >= 4 is 46.7 Å². The molecule has 1 fully saturated rings. The number of rotatable bonds is 3. The van der Waals surface area contributed by atoms with Crippen LogP contribution >= 0.6 is 12.2 Å². The van der Waals surface area contributed by atoms with Crippen molar-refractivity contribution in [1.29, 1.82) is 0 Å². The molecule has 2 aromatic rings. The number of aryl methyl sites for hydroxylation is 1. The van der Waals surface area contributed by atoms with E-state index in [2.05, 4.69) is 31.1 Å². The van der Waals surface area contributed by atoms with Crippen LogP contribution in [-0.4, -0.2) is 23.1 Å². The molecule has 28 heavy (non-hydrogen) atoms. The van der Waals surface area contributed by atoms with Crippen LogP contribution in [0.1, 0.15) is 31.9 Å². The van der Waals surface area contributed by atoms with Crippen LogP contribution in [0.4, 0.5) is 11.4 Å². The minimum Gasteiger partial charge on any atom is -0.301 e. The number of benzene rings is 2. The van der Waals surface area contributed by atoms with Gasteiger partial charge in [-0.3, -0.25) is 19.5 Å². The van der Waals surface area contributed by atoms with Gasteiger partial charge in [0.1, 0.15) is 0 Å². The van der Waals surface area contributed by atoms with Crippen LogP contribution in [0.3, 0.4) is 0 Å². The summed E-state index contributed by atoms with van der Waals surface area (Å²) in [6.07, 6.45) is 1.38. The summed E-state index contributed by atoms with van der Waals surface area (Å²) in [7, 11) is 0. The summed E-state index contributed by atoms with van der Waals surface area (Å²) in [5.74, 6) is -1.91. The second-order valence-electron chi connectivity index (χ2n) is 7.86. The zero-order chi connectivity index (χ0) is 20.5. The predicted molar refractivity (Wildman–Crippen MR) is 116 cm³/mol. The van der Waals surface area contributed by atoms with Crippen LogP contribution in [0.25, 0.3) is 0 Å². The first-order valence-electron chi connectivity index (χ1n) is 9.07.